The SMILES string of the molecule is CC1CNCC(NC(=O)O)C1. The molecule has 1 aliphatic rings. The van der Waals surface area contributed by atoms with Crippen LogP contribution in [0.5, 0.6) is 0 Å². The lowest BCUT2D eigenvalue weighted by atomic mass is 9.98. The number of rotatable bonds is 1. The van der Waals surface area contributed by atoms with Crippen LogP contribution in [0.25, 0.3) is 0 Å². The maximum absolute atomic E-state index is 10.2. The van der Waals surface area contributed by atoms with Gasteiger partial charge in [-0.1, -0.05) is 6.92 Å². The van der Waals surface area contributed by atoms with Gasteiger partial charge >= 0.3 is 6.09 Å². The third-order valence-corrected chi connectivity index (χ3v) is 1.90. The monoisotopic (exact) mass is 158 g/mol. The molecule has 3 N–H and O–H groups in total. The van der Waals surface area contributed by atoms with Crippen molar-refractivity contribution in [2.45, 2.75) is 19.4 Å². The summed E-state index contributed by atoms with van der Waals surface area (Å²) in [5.74, 6) is 0.570. The van der Waals surface area contributed by atoms with Crippen LogP contribution >= 0.6 is 0 Å². The molecule has 11 heavy (non-hydrogen) atoms. The molecule has 4 nitrogen and oxygen atoms in total. The second-order valence-electron chi connectivity index (χ2n) is 3.15. The molecule has 0 bridgehead atoms. The Bertz CT molecular complexity index is 149. The average Bonchev–Trinajstić information content (AvgIpc) is 1.85. The molecule has 4 heteroatoms. The minimum absolute atomic E-state index is 0.0937. The van der Waals surface area contributed by atoms with Crippen LogP contribution in [-0.2, 0) is 0 Å². The van der Waals surface area contributed by atoms with Gasteiger partial charge < -0.3 is 15.7 Å². The Hall–Kier alpha value is -0.770. The maximum Gasteiger partial charge on any atom is 0.404 e. The highest BCUT2D eigenvalue weighted by Crippen LogP contribution is 2.08. The first-order valence-corrected chi connectivity index (χ1v) is 3.88. The first-order chi connectivity index (χ1) is 5.18. The summed E-state index contributed by atoms with van der Waals surface area (Å²) in [6.07, 6.45) is 0.0187. The summed E-state index contributed by atoms with van der Waals surface area (Å²) in [5, 5.41) is 14.0. The number of hydrogen-bond acceptors (Lipinski definition) is 2. The van der Waals surface area contributed by atoms with E-state index in [-0.39, 0.29) is 6.04 Å². The van der Waals surface area contributed by atoms with E-state index in [2.05, 4.69) is 17.6 Å². The quantitative estimate of drug-likeness (QED) is 0.512. The van der Waals surface area contributed by atoms with Gasteiger partial charge in [-0.2, -0.15) is 0 Å². The Balaban J connectivity index is 2.28. The highest BCUT2D eigenvalue weighted by atomic mass is 16.4. The molecular weight excluding hydrogens is 144 g/mol. The zero-order valence-corrected chi connectivity index (χ0v) is 6.63. The van der Waals surface area contributed by atoms with Gasteiger partial charge in [-0.3, -0.25) is 0 Å². The number of nitrogens with one attached hydrogen (secondary N) is 2. The van der Waals surface area contributed by atoms with Crippen LogP contribution in [0, 0.1) is 5.92 Å². The van der Waals surface area contributed by atoms with Crippen molar-refractivity contribution in [3.05, 3.63) is 0 Å². The largest absolute Gasteiger partial charge is 0.465 e. The Morgan fingerprint density at radius 2 is 2.36 bits per heavy atom. The highest BCUT2D eigenvalue weighted by Gasteiger charge is 2.19. The molecule has 64 valence electrons. The number of carbonyl (C=O) groups is 1. The maximum atomic E-state index is 10.2. The molecule has 0 aromatic rings. The normalized spacial score (nSPS) is 31.4. The van der Waals surface area contributed by atoms with Gasteiger partial charge in [-0.25, -0.2) is 4.79 Å². The Kier molecular flexibility index (Phi) is 2.70. The van der Waals surface area contributed by atoms with E-state index in [0.29, 0.717) is 5.92 Å². The summed E-state index contributed by atoms with van der Waals surface area (Å²) in [5.41, 5.74) is 0. The number of piperidine rings is 1. The molecule has 0 spiro atoms. The van der Waals surface area contributed by atoms with E-state index >= 15 is 0 Å². The minimum atomic E-state index is -0.925. The van der Waals surface area contributed by atoms with Crippen molar-refractivity contribution in [2.24, 2.45) is 5.92 Å². The van der Waals surface area contributed by atoms with Crippen molar-refractivity contribution < 1.29 is 9.90 Å². The van der Waals surface area contributed by atoms with Gasteiger partial charge in [-0.05, 0) is 18.9 Å². The average molecular weight is 158 g/mol. The summed E-state index contributed by atoms with van der Waals surface area (Å²) < 4.78 is 0. The molecular formula is C7H14N2O2. The number of hydrogen-bond donors (Lipinski definition) is 3. The molecule has 1 amide bonds. The fourth-order valence-corrected chi connectivity index (χ4v) is 1.44. The molecule has 1 aliphatic heterocycles. The van der Waals surface area contributed by atoms with Crippen LogP contribution in [-0.4, -0.2) is 30.3 Å². The van der Waals surface area contributed by atoms with Gasteiger partial charge in [0.15, 0.2) is 0 Å². The van der Waals surface area contributed by atoms with Crippen molar-refractivity contribution in [1.29, 1.82) is 0 Å². The lowest BCUT2D eigenvalue weighted by Gasteiger charge is -2.27. The number of carboxylic acid groups (broad SMARTS) is 1. The second kappa shape index (κ2) is 3.57. The molecule has 0 aromatic carbocycles. The molecule has 1 rings (SSSR count). The molecule has 1 saturated heterocycles. The van der Waals surface area contributed by atoms with Gasteiger partial charge in [0.2, 0.25) is 0 Å². The fraction of sp³-hybridized carbons (Fsp3) is 0.857. The third-order valence-electron chi connectivity index (χ3n) is 1.90. The van der Waals surface area contributed by atoms with Crippen molar-refractivity contribution in [2.75, 3.05) is 13.1 Å². The Labute approximate surface area is 66.0 Å². The van der Waals surface area contributed by atoms with Crippen molar-refractivity contribution in [3.63, 3.8) is 0 Å². The summed E-state index contributed by atoms with van der Waals surface area (Å²) >= 11 is 0. The molecule has 1 heterocycles. The fourth-order valence-electron chi connectivity index (χ4n) is 1.44. The van der Waals surface area contributed by atoms with Crippen molar-refractivity contribution in [1.82, 2.24) is 10.6 Å². The minimum Gasteiger partial charge on any atom is -0.465 e. The zero-order chi connectivity index (χ0) is 8.27. The molecule has 0 radical (unpaired) electrons. The molecule has 0 aliphatic carbocycles. The van der Waals surface area contributed by atoms with Crippen molar-refractivity contribution >= 4 is 6.09 Å². The summed E-state index contributed by atoms with van der Waals surface area (Å²) in [6.45, 7) is 3.87. The van der Waals surface area contributed by atoms with E-state index in [1.54, 1.807) is 0 Å². The molecule has 1 fully saturated rings. The van der Waals surface area contributed by atoms with E-state index in [0.717, 1.165) is 19.5 Å². The predicted octanol–water partition coefficient (Wildman–Crippen LogP) is 0.252. The first kappa shape index (κ1) is 8.33. The lowest BCUT2D eigenvalue weighted by molar-refractivity contribution is 0.184. The smallest absolute Gasteiger partial charge is 0.404 e. The molecule has 2 unspecified atom stereocenters. The van der Waals surface area contributed by atoms with Crippen LogP contribution < -0.4 is 10.6 Å². The Morgan fingerprint density at radius 1 is 1.64 bits per heavy atom. The van der Waals surface area contributed by atoms with Gasteiger partial charge in [0.05, 0.1) is 0 Å². The van der Waals surface area contributed by atoms with Gasteiger partial charge in [0.1, 0.15) is 0 Å². The topological polar surface area (TPSA) is 61.4 Å². The summed E-state index contributed by atoms with van der Waals surface area (Å²) in [7, 11) is 0. The highest BCUT2D eigenvalue weighted by molar-refractivity contribution is 5.64. The van der Waals surface area contributed by atoms with E-state index in [9.17, 15) is 4.79 Å². The third kappa shape index (κ3) is 2.76. The second-order valence-corrected chi connectivity index (χ2v) is 3.15. The van der Waals surface area contributed by atoms with Gasteiger partial charge in [0.25, 0.3) is 0 Å². The van der Waals surface area contributed by atoms with Gasteiger partial charge in [0, 0.05) is 12.6 Å². The zero-order valence-electron chi connectivity index (χ0n) is 6.63. The predicted molar refractivity (Wildman–Crippen MR) is 41.6 cm³/mol. The summed E-state index contributed by atoms with van der Waals surface area (Å²) in [6, 6.07) is 0.0937. The van der Waals surface area contributed by atoms with E-state index < -0.39 is 6.09 Å². The van der Waals surface area contributed by atoms with Crippen LogP contribution in [0.4, 0.5) is 4.79 Å². The van der Waals surface area contributed by atoms with Crippen molar-refractivity contribution in [3.8, 4) is 0 Å². The molecule has 0 saturated carbocycles. The van der Waals surface area contributed by atoms with Gasteiger partial charge in [-0.15, -0.1) is 0 Å². The Morgan fingerprint density at radius 3 is 2.91 bits per heavy atom. The summed E-state index contributed by atoms with van der Waals surface area (Å²) in [4.78, 5) is 10.2. The van der Waals surface area contributed by atoms with E-state index in [1.165, 1.54) is 0 Å². The standard InChI is InChI=1S/C7H14N2O2/c1-5-2-6(4-8-3-5)9-7(10)11/h5-6,8-9H,2-4H2,1H3,(H,10,11). The molecule has 2 atom stereocenters. The van der Waals surface area contributed by atoms with Crippen LogP contribution in [0.15, 0.2) is 0 Å². The molecule has 0 aromatic heterocycles. The first-order valence-electron chi connectivity index (χ1n) is 3.88. The number of amides is 1. The lowest BCUT2D eigenvalue weighted by Crippen LogP contribution is -2.47. The van der Waals surface area contributed by atoms with Crippen LogP contribution in [0.3, 0.4) is 0 Å². The van der Waals surface area contributed by atoms with E-state index in [1.807, 2.05) is 0 Å². The van der Waals surface area contributed by atoms with E-state index in [4.69, 9.17) is 5.11 Å². The van der Waals surface area contributed by atoms with Crippen LogP contribution in [0.1, 0.15) is 13.3 Å². The van der Waals surface area contributed by atoms with Crippen LogP contribution in [0.2, 0.25) is 0 Å².